The van der Waals surface area contributed by atoms with Gasteiger partial charge in [-0.05, 0) is 25.3 Å². The number of thioether (sulfide) groups is 1. The van der Waals surface area contributed by atoms with Gasteiger partial charge in [-0.2, -0.15) is 11.8 Å². The van der Waals surface area contributed by atoms with Crippen LogP contribution in [0.15, 0.2) is 30.3 Å². The molecule has 0 aliphatic carbocycles. The van der Waals surface area contributed by atoms with Crippen LogP contribution in [0.2, 0.25) is 0 Å². The van der Waals surface area contributed by atoms with Gasteiger partial charge in [-0.15, -0.1) is 0 Å². The number of amides is 1. The van der Waals surface area contributed by atoms with Gasteiger partial charge in [-0.1, -0.05) is 18.2 Å². The average Bonchev–Trinajstić information content (AvgIpc) is 2.29. The van der Waals surface area contributed by atoms with Gasteiger partial charge in [0, 0.05) is 18.0 Å². The van der Waals surface area contributed by atoms with Gasteiger partial charge in [-0.3, -0.25) is 4.79 Å². The van der Waals surface area contributed by atoms with Crippen molar-refractivity contribution in [2.24, 2.45) is 0 Å². The van der Waals surface area contributed by atoms with Crippen LogP contribution in [0.5, 0.6) is 0 Å². The molecule has 1 aromatic carbocycles. The molecule has 0 aliphatic rings. The van der Waals surface area contributed by atoms with Crippen molar-refractivity contribution in [2.75, 3.05) is 30.4 Å². The Bertz CT molecular complexity index is 369. The van der Waals surface area contributed by atoms with Gasteiger partial charge in [-0.25, -0.2) is 0 Å². The van der Waals surface area contributed by atoms with Crippen LogP contribution in [0.4, 0.5) is 5.69 Å². The lowest BCUT2D eigenvalue weighted by Crippen LogP contribution is -2.42. The highest BCUT2D eigenvalue weighted by atomic mass is 32.2. The smallest absolute Gasteiger partial charge is 0.238 e. The normalized spacial score (nSPS) is 13.9. The molecule has 0 fully saturated rings. The zero-order valence-electron chi connectivity index (χ0n) is 10.8. The van der Waals surface area contributed by atoms with Gasteiger partial charge in [0.1, 0.15) is 0 Å². The van der Waals surface area contributed by atoms with Crippen LogP contribution in [0.3, 0.4) is 0 Å². The minimum atomic E-state index is -0.785. The lowest BCUT2D eigenvalue weighted by molar-refractivity contribution is -0.115. The molecule has 0 spiro atoms. The second-order valence-electron chi connectivity index (χ2n) is 4.45. The number of carbonyl (C=O) groups excluding carboxylic acids is 1. The number of rotatable bonds is 7. The van der Waals surface area contributed by atoms with E-state index in [9.17, 15) is 9.90 Å². The molecule has 0 radical (unpaired) electrons. The summed E-state index contributed by atoms with van der Waals surface area (Å²) < 4.78 is 0. The van der Waals surface area contributed by atoms with E-state index < -0.39 is 5.60 Å². The summed E-state index contributed by atoms with van der Waals surface area (Å²) in [5, 5.41) is 15.6. The highest BCUT2D eigenvalue weighted by Gasteiger charge is 2.19. The topological polar surface area (TPSA) is 61.4 Å². The number of nitrogens with one attached hydrogen (secondary N) is 2. The molecule has 0 aromatic heterocycles. The summed E-state index contributed by atoms with van der Waals surface area (Å²) >= 11 is 1.58. The molecule has 1 unspecified atom stereocenters. The Kier molecular flexibility index (Phi) is 6.18. The number of anilines is 1. The Morgan fingerprint density at radius 2 is 2.06 bits per heavy atom. The molecule has 5 heteroatoms. The molecular formula is C13H20N2O2S. The van der Waals surface area contributed by atoms with Gasteiger partial charge in [0.15, 0.2) is 0 Å². The monoisotopic (exact) mass is 268 g/mol. The first-order chi connectivity index (χ1) is 8.53. The number of hydrogen-bond acceptors (Lipinski definition) is 4. The first-order valence-electron chi connectivity index (χ1n) is 5.80. The van der Waals surface area contributed by atoms with E-state index in [0.29, 0.717) is 12.3 Å². The Hall–Kier alpha value is -1.04. The van der Waals surface area contributed by atoms with Gasteiger partial charge in [0.05, 0.1) is 12.1 Å². The van der Waals surface area contributed by atoms with Crippen LogP contribution in [0.25, 0.3) is 0 Å². The second kappa shape index (κ2) is 7.41. The molecule has 0 aliphatic heterocycles. The molecule has 1 amide bonds. The van der Waals surface area contributed by atoms with E-state index >= 15 is 0 Å². The van der Waals surface area contributed by atoms with Crippen LogP contribution in [0, 0.1) is 0 Å². The maximum absolute atomic E-state index is 11.6. The van der Waals surface area contributed by atoms with Gasteiger partial charge < -0.3 is 15.7 Å². The Morgan fingerprint density at radius 3 is 2.67 bits per heavy atom. The highest BCUT2D eigenvalue weighted by molar-refractivity contribution is 7.98. The Labute approximate surface area is 112 Å². The summed E-state index contributed by atoms with van der Waals surface area (Å²) in [5.41, 5.74) is -0.00734. The van der Waals surface area contributed by atoms with Gasteiger partial charge in [0.2, 0.25) is 5.91 Å². The predicted octanol–water partition coefficient (Wildman–Crippen LogP) is 1.33. The van der Waals surface area contributed by atoms with Crippen molar-refractivity contribution < 1.29 is 9.90 Å². The molecule has 0 saturated heterocycles. The molecule has 1 atom stereocenters. The summed E-state index contributed by atoms with van der Waals surface area (Å²) in [5.74, 6) is 0.529. The van der Waals surface area contributed by atoms with Crippen molar-refractivity contribution in [3.63, 3.8) is 0 Å². The molecular weight excluding hydrogens is 248 g/mol. The van der Waals surface area contributed by atoms with E-state index in [2.05, 4.69) is 10.6 Å². The Morgan fingerprint density at radius 1 is 1.39 bits per heavy atom. The van der Waals surface area contributed by atoms with Crippen molar-refractivity contribution in [3.05, 3.63) is 30.3 Å². The summed E-state index contributed by atoms with van der Waals surface area (Å²) in [4.78, 5) is 11.6. The second-order valence-corrected chi connectivity index (χ2v) is 5.31. The van der Waals surface area contributed by atoms with Crippen molar-refractivity contribution >= 4 is 23.4 Å². The maximum atomic E-state index is 11.6. The summed E-state index contributed by atoms with van der Waals surface area (Å²) in [6.07, 6.45) is 1.94. The number of para-hydroxylation sites is 1. The maximum Gasteiger partial charge on any atom is 0.238 e. The van der Waals surface area contributed by atoms with E-state index in [0.717, 1.165) is 5.69 Å². The average molecular weight is 268 g/mol. The first-order valence-corrected chi connectivity index (χ1v) is 7.20. The molecule has 1 aromatic rings. The molecule has 0 bridgehead atoms. The van der Waals surface area contributed by atoms with E-state index in [1.807, 2.05) is 36.6 Å². The summed E-state index contributed by atoms with van der Waals surface area (Å²) in [6.45, 7) is 2.35. The van der Waals surface area contributed by atoms with Crippen LogP contribution in [-0.4, -0.2) is 41.7 Å². The van der Waals surface area contributed by atoms with Crippen molar-refractivity contribution in [2.45, 2.75) is 12.5 Å². The molecule has 18 heavy (non-hydrogen) atoms. The third-order valence-corrected chi connectivity index (χ3v) is 3.21. The van der Waals surface area contributed by atoms with Gasteiger partial charge in [0.25, 0.3) is 0 Å². The lowest BCUT2D eigenvalue weighted by atomic mass is 10.1. The minimum Gasteiger partial charge on any atom is -0.388 e. The summed E-state index contributed by atoms with van der Waals surface area (Å²) in [6, 6.07) is 9.30. The Balaban J connectivity index is 2.26. The fourth-order valence-electron chi connectivity index (χ4n) is 1.53. The molecule has 4 nitrogen and oxygen atoms in total. The fraction of sp³-hybridized carbons (Fsp3) is 0.462. The molecule has 0 heterocycles. The van der Waals surface area contributed by atoms with Crippen LogP contribution >= 0.6 is 11.8 Å². The van der Waals surface area contributed by atoms with Crippen molar-refractivity contribution in [1.82, 2.24) is 5.32 Å². The van der Waals surface area contributed by atoms with Crippen LogP contribution in [0.1, 0.15) is 6.92 Å². The fourth-order valence-corrected chi connectivity index (χ4v) is 2.26. The quantitative estimate of drug-likeness (QED) is 0.698. The number of aliphatic hydroxyl groups is 1. The first kappa shape index (κ1) is 15.0. The van der Waals surface area contributed by atoms with E-state index in [1.165, 1.54) is 0 Å². The van der Waals surface area contributed by atoms with Crippen molar-refractivity contribution in [3.8, 4) is 0 Å². The van der Waals surface area contributed by atoms with Crippen molar-refractivity contribution in [1.29, 1.82) is 0 Å². The number of carbonyl (C=O) groups is 1. The molecule has 1 rings (SSSR count). The number of benzene rings is 1. The van der Waals surface area contributed by atoms with E-state index in [-0.39, 0.29) is 12.5 Å². The lowest BCUT2D eigenvalue weighted by Gasteiger charge is -2.22. The third kappa shape index (κ3) is 6.05. The molecule has 100 valence electrons. The predicted molar refractivity (Wildman–Crippen MR) is 76.9 cm³/mol. The zero-order valence-corrected chi connectivity index (χ0v) is 11.6. The molecule has 3 N–H and O–H groups in total. The highest BCUT2D eigenvalue weighted by Crippen LogP contribution is 2.09. The summed E-state index contributed by atoms with van der Waals surface area (Å²) in [7, 11) is 0. The number of hydrogen-bond donors (Lipinski definition) is 3. The van der Waals surface area contributed by atoms with E-state index in [4.69, 9.17) is 0 Å². The van der Waals surface area contributed by atoms with Crippen LogP contribution < -0.4 is 10.6 Å². The van der Waals surface area contributed by atoms with E-state index in [1.54, 1.807) is 18.7 Å². The zero-order chi connectivity index (χ0) is 13.4. The standard InChI is InChI=1S/C13H20N2O2S/c1-13(17,10-18-2)9-14-8-12(16)15-11-6-4-3-5-7-11/h3-7,14,17H,8-10H2,1-2H3,(H,15,16). The molecule has 0 saturated carbocycles. The largest absolute Gasteiger partial charge is 0.388 e. The SMILES string of the molecule is CSCC(C)(O)CNCC(=O)Nc1ccccc1. The third-order valence-electron chi connectivity index (χ3n) is 2.30. The minimum absolute atomic E-state index is 0.110. The van der Waals surface area contributed by atoms with Gasteiger partial charge >= 0.3 is 0 Å². The van der Waals surface area contributed by atoms with Crippen LogP contribution in [-0.2, 0) is 4.79 Å².